The first kappa shape index (κ1) is 15.5. The largest absolute Gasteiger partial charge is 0.497 e. The Morgan fingerprint density at radius 3 is 2.77 bits per heavy atom. The Bertz CT molecular complexity index is 734. The summed E-state index contributed by atoms with van der Waals surface area (Å²) in [6.07, 6.45) is 0.177. The SMILES string of the molecule is COC(=O)c1cc(-c2ccc(OC)cc2F)nn1CCC#N. The van der Waals surface area contributed by atoms with Crippen LogP contribution in [0, 0.1) is 17.1 Å². The lowest BCUT2D eigenvalue weighted by Crippen LogP contribution is -2.11. The number of nitriles is 1. The van der Waals surface area contributed by atoms with Gasteiger partial charge in [0.25, 0.3) is 0 Å². The zero-order chi connectivity index (χ0) is 16.1. The third-order valence-electron chi connectivity index (χ3n) is 3.06. The van der Waals surface area contributed by atoms with Crippen LogP contribution in [0.15, 0.2) is 24.3 Å². The second-order valence-corrected chi connectivity index (χ2v) is 4.38. The van der Waals surface area contributed by atoms with Crippen molar-refractivity contribution >= 4 is 5.97 Å². The van der Waals surface area contributed by atoms with Crippen LogP contribution in [0.3, 0.4) is 0 Å². The standard InChI is InChI=1S/C15H14FN3O3/c1-21-10-4-5-11(12(16)8-10)13-9-14(15(20)22-2)19(18-13)7-3-6-17/h4-5,8-9H,3,7H2,1-2H3. The zero-order valence-corrected chi connectivity index (χ0v) is 12.2. The predicted molar refractivity (Wildman–Crippen MR) is 75.7 cm³/mol. The van der Waals surface area contributed by atoms with E-state index in [4.69, 9.17) is 10.00 Å². The maximum absolute atomic E-state index is 14.1. The highest BCUT2D eigenvalue weighted by molar-refractivity contribution is 5.89. The van der Waals surface area contributed by atoms with E-state index in [1.165, 1.54) is 37.1 Å². The highest BCUT2D eigenvalue weighted by Gasteiger charge is 2.18. The van der Waals surface area contributed by atoms with Gasteiger partial charge < -0.3 is 9.47 Å². The van der Waals surface area contributed by atoms with Gasteiger partial charge in [-0.25, -0.2) is 9.18 Å². The number of carbonyl (C=O) groups excluding carboxylic acids is 1. The minimum atomic E-state index is -0.592. The van der Waals surface area contributed by atoms with Crippen molar-refractivity contribution in [3.05, 3.63) is 35.8 Å². The molecule has 2 rings (SSSR count). The molecule has 0 spiro atoms. The van der Waals surface area contributed by atoms with Crippen molar-refractivity contribution < 1.29 is 18.7 Å². The lowest BCUT2D eigenvalue weighted by Gasteiger charge is -2.03. The Balaban J connectivity index is 2.45. The van der Waals surface area contributed by atoms with Crippen LogP contribution in [0.4, 0.5) is 4.39 Å². The first-order valence-electron chi connectivity index (χ1n) is 6.47. The van der Waals surface area contributed by atoms with E-state index in [1.54, 1.807) is 6.07 Å². The third kappa shape index (κ3) is 3.06. The van der Waals surface area contributed by atoms with Crippen LogP contribution in [-0.4, -0.2) is 30.0 Å². The maximum Gasteiger partial charge on any atom is 0.356 e. The van der Waals surface area contributed by atoms with Gasteiger partial charge in [0, 0.05) is 11.6 Å². The van der Waals surface area contributed by atoms with Gasteiger partial charge in [-0.1, -0.05) is 0 Å². The van der Waals surface area contributed by atoms with Crippen molar-refractivity contribution in [1.29, 1.82) is 5.26 Å². The van der Waals surface area contributed by atoms with Crippen molar-refractivity contribution in [2.24, 2.45) is 0 Å². The Hall–Kier alpha value is -2.88. The molecule has 0 atom stereocenters. The summed E-state index contributed by atoms with van der Waals surface area (Å²) in [5.41, 5.74) is 0.697. The molecule has 114 valence electrons. The van der Waals surface area contributed by atoms with Crippen LogP contribution in [0.2, 0.25) is 0 Å². The number of aromatic nitrogens is 2. The number of methoxy groups -OCH3 is 2. The predicted octanol–water partition coefficient (Wildman–Crippen LogP) is 2.40. The molecule has 0 aliphatic heterocycles. The molecule has 0 aliphatic rings. The summed E-state index contributed by atoms with van der Waals surface area (Å²) in [5.74, 6) is -0.718. The topological polar surface area (TPSA) is 77.1 Å². The van der Waals surface area contributed by atoms with Crippen LogP contribution in [0.5, 0.6) is 5.75 Å². The average Bonchev–Trinajstić information content (AvgIpc) is 2.95. The lowest BCUT2D eigenvalue weighted by atomic mass is 10.1. The number of esters is 1. The number of rotatable bonds is 5. The molecule has 1 aromatic heterocycles. The first-order chi connectivity index (χ1) is 10.6. The quantitative estimate of drug-likeness (QED) is 0.793. The molecule has 6 nitrogen and oxygen atoms in total. The van der Waals surface area contributed by atoms with E-state index in [0.29, 0.717) is 11.4 Å². The molecule has 0 amide bonds. The molecule has 22 heavy (non-hydrogen) atoms. The highest BCUT2D eigenvalue weighted by atomic mass is 19.1. The number of carbonyl (C=O) groups is 1. The number of hydrogen-bond donors (Lipinski definition) is 0. The molecule has 2 aromatic rings. The summed E-state index contributed by atoms with van der Waals surface area (Å²) in [6, 6.07) is 7.77. The Kier molecular flexibility index (Phi) is 4.73. The first-order valence-corrected chi connectivity index (χ1v) is 6.47. The van der Waals surface area contributed by atoms with Gasteiger partial charge in [0.05, 0.1) is 38.9 Å². The molecule has 0 unspecified atom stereocenters. The van der Waals surface area contributed by atoms with Crippen molar-refractivity contribution in [3.8, 4) is 23.1 Å². The molecule has 0 radical (unpaired) electrons. The molecule has 0 bridgehead atoms. The monoisotopic (exact) mass is 303 g/mol. The smallest absolute Gasteiger partial charge is 0.356 e. The molecule has 0 fully saturated rings. The molecule has 0 saturated carbocycles. The molecular weight excluding hydrogens is 289 g/mol. The molecule has 0 aliphatic carbocycles. The van der Waals surface area contributed by atoms with E-state index >= 15 is 0 Å². The van der Waals surface area contributed by atoms with Gasteiger partial charge in [0.1, 0.15) is 17.3 Å². The number of hydrogen-bond acceptors (Lipinski definition) is 5. The summed E-state index contributed by atoms with van der Waals surface area (Å²) >= 11 is 0. The van der Waals surface area contributed by atoms with Gasteiger partial charge in [-0.15, -0.1) is 0 Å². The summed E-state index contributed by atoms with van der Waals surface area (Å²) < 4.78 is 25.1. The number of nitrogens with zero attached hydrogens (tertiary/aromatic N) is 3. The van der Waals surface area contributed by atoms with Gasteiger partial charge in [-0.05, 0) is 18.2 Å². The fourth-order valence-electron chi connectivity index (χ4n) is 1.97. The van der Waals surface area contributed by atoms with Crippen molar-refractivity contribution in [3.63, 3.8) is 0 Å². The van der Waals surface area contributed by atoms with Gasteiger partial charge in [-0.2, -0.15) is 10.4 Å². The highest BCUT2D eigenvalue weighted by Crippen LogP contribution is 2.26. The minimum Gasteiger partial charge on any atom is -0.497 e. The van der Waals surface area contributed by atoms with Crippen LogP contribution >= 0.6 is 0 Å². The average molecular weight is 303 g/mol. The zero-order valence-electron chi connectivity index (χ0n) is 12.2. The Labute approximate surface area is 126 Å². The lowest BCUT2D eigenvalue weighted by molar-refractivity contribution is 0.0586. The Morgan fingerprint density at radius 1 is 1.41 bits per heavy atom. The van der Waals surface area contributed by atoms with Crippen LogP contribution < -0.4 is 4.74 Å². The van der Waals surface area contributed by atoms with E-state index in [2.05, 4.69) is 9.84 Å². The van der Waals surface area contributed by atoms with Crippen LogP contribution in [-0.2, 0) is 11.3 Å². The van der Waals surface area contributed by atoms with Gasteiger partial charge in [0.15, 0.2) is 0 Å². The van der Waals surface area contributed by atoms with Gasteiger partial charge in [-0.3, -0.25) is 4.68 Å². The fourth-order valence-corrected chi connectivity index (χ4v) is 1.97. The molecule has 0 saturated heterocycles. The second kappa shape index (κ2) is 6.72. The Morgan fingerprint density at radius 2 is 2.18 bits per heavy atom. The molecule has 7 heteroatoms. The number of benzene rings is 1. The summed E-state index contributed by atoms with van der Waals surface area (Å²) in [5, 5.41) is 12.8. The number of ether oxygens (including phenoxy) is 2. The fraction of sp³-hybridized carbons (Fsp3) is 0.267. The minimum absolute atomic E-state index is 0.169. The second-order valence-electron chi connectivity index (χ2n) is 4.38. The molecule has 1 aromatic carbocycles. The van der Waals surface area contributed by atoms with Crippen molar-refractivity contribution in [2.75, 3.05) is 14.2 Å². The normalized spacial score (nSPS) is 10.1. The van der Waals surface area contributed by atoms with Crippen molar-refractivity contribution in [1.82, 2.24) is 9.78 Å². The van der Waals surface area contributed by atoms with E-state index in [9.17, 15) is 9.18 Å². The van der Waals surface area contributed by atoms with E-state index in [-0.39, 0.29) is 24.2 Å². The van der Waals surface area contributed by atoms with Crippen LogP contribution in [0.1, 0.15) is 16.9 Å². The van der Waals surface area contributed by atoms with E-state index in [0.717, 1.165) is 0 Å². The summed E-state index contributed by atoms with van der Waals surface area (Å²) in [7, 11) is 2.69. The third-order valence-corrected chi connectivity index (χ3v) is 3.06. The number of aryl methyl sites for hydroxylation is 1. The van der Waals surface area contributed by atoms with E-state index < -0.39 is 11.8 Å². The number of halogens is 1. The van der Waals surface area contributed by atoms with Gasteiger partial charge in [0.2, 0.25) is 0 Å². The molecule has 1 heterocycles. The summed E-state index contributed by atoms with van der Waals surface area (Å²) in [6.45, 7) is 0.221. The summed E-state index contributed by atoms with van der Waals surface area (Å²) in [4.78, 5) is 11.7. The van der Waals surface area contributed by atoms with Gasteiger partial charge >= 0.3 is 5.97 Å². The van der Waals surface area contributed by atoms with E-state index in [1.807, 2.05) is 6.07 Å². The maximum atomic E-state index is 14.1. The molecular formula is C15H14FN3O3. The van der Waals surface area contributed by atoms with Crippen LogP contribution in [0.25, 0.3) is 11.3 Å². The van der Waals surface area contributed by atoms with Crippen molar-refractivity contribution in [2.45, 2.75) is 13.0 Å². The molecule has 0 N–H and O–H groups in total.